The number of thioether (sulfide) groups is 1. The second kappa shape index (κ2) is 11.4. The van der Waals surface area contributed by atoms with Gasteiger partial charge in [-0.2, -0.15) is 0 Å². The Morgan fingerprint density at radius 1 is 1.26 bits per heavy atom. The van der Waals surface area contributed by atoms with Crippen LogP contribution in [0.15, 0.2) is 35.4 Å². The molecule has 2 atom stereocenters. The van der Waals surface area contributed by atoms with E-state index in [4.69, 9.17) is 5.73 Å². The maximum Gasteiger partial charge on any atom is 0.255 e. The molecule has 0 aliphatic carbocycles. The summed E-state index contributed by atoms with van der Waals surface area (Å²) in [6.45, 7) is 5.00. The average molecular weight is 456 g/mol. The number of rotatable bonds is 8. The molecule has 2 unspecified atom stereocenters. The van der Waals surface area contributed by atoms with E-state index < -0.39 is 34.8 Å². The van der Waals surface area contributed by atoms with Crippen LogP contribution < -0.4 is 11.1 Å². The number of amides is 2. The van der Waals surface area contributed by atoms with Crippen molar-refractivity contribution in [1.29, 1.82) is 0 Å². The van der Waals surface area contributed by atoms with E-state index in [-0.39, 0.29) is 24.3 Å². The van der Waals surface area contributed by atoms with Gasteiger partial charge in [0.2, 0.25) is 5.91 Å². The fourth-order valence-corrected chi connectivity index (χ4v) is 4.06. The van der Waals surface area contributed by atoms with Crippen molar-refractivity contribution in [1.82, 2.24) is 10.2 Å². The molecule has 31 heavy (non-hydrogen) atoms. The summed E-state index contributed by atoms with van der Waals surface area (Å²) in [6, 6.07) is 0.377. The van der Waals surface area contributed by atoms with Gasteiger partial charge in [0.1, 0.15) is 5.82 Å². The molecule has 5 nitrogen and oxygen atoms in total. The van der Waals surface area contributed by atoms with Gasteiger partial charge in [0, 0.05) is 31.6 Å². The minimum atomic E-state index is -1.28. The number of nitrogens with two attached hydrogens (primary N) is 1. The molecule has 0 fully saturated rings. The van der Waals surface area contributed by atoms with Crippen molar-refractivity contribution in [3.63, 3.8) is 0 Å². The molecule has 1 heterocycles. The van der Waals surface area contributed by atoms with Crippen LogP contribution in [0.5, 0.6) is 0 Å². The van der Waals surface area contributed by atoms with E-state index in [0.29, 0.717) is 19.2 Å². The lowest BCUT2D eigenvalue weighted by molar-refractivity contribution is -0.133. The average Bonchev–Trinajstić information content (AvgIpc) is 2.71. The molecule has 2 rings (SSSR count). The quantitative estimate of drug-likeness (QED) is 0.466. The summed E-state index contributed by atoms with van der Waals surface area (Å²) in [4.78, 5) is 27.0. The second-order valence-corrected chi connectivity index (χ2v) is 8.47. The van der Waals surface area contributed by atoms with Gasteiger partial charge in [0.05, 0.1) is 0 Å². The first-order valence-electron chi connectivity index (χ1n) is 9.97. The molecule has 170 valence electrons. The first kappa shape index (κ1) is 25.0. The number of nitrogens with zero attached hydrogens (tertiary/aromatic N) is 1. The highest BCUT2D eigenvalue weighted by Crippen LogP contribution is 2.21. The van der Waals surface area contributed by atoms with Crippen LogP contribution in [0, 0.1) is 17.5 Å². The number of nitrogens with one attached hydrogen (secondary N) is 1. The smallest absolute Gasteiger partial charge is 0.255 e. The number of halogens is 3. The van der Waals surface area contributed by atoms with Gasteiger partial charge in [0.15, 0.2) is 17.0 Å². The van der Waals surface area contributed by atoms with Gasteiger partial charge < -0.3 is 16.0 Å². The first-order chi connectivity index (χ1) is 14.7. The lowest BCUT2D eigenvalue weighted by Gasteiger charge is -2.31. The predicted octanol–water partition coefficient (Wildman–Crippen LogP) is 3.29. The van der Waals surface area contributed by atoms with Gasteiger partial charge >= 0.3 is 0 Å². The molecule has 1 aliphatic heterocycles. The fraction of sp³-hybridized carbons (Fsp3) is 0.455. The van der Waals surface area contributed by atoms with Gasteiger partial charge in [0.25, 0.3) is 5.91 Å². The number of allylic oxidation sites excluding steroid dienone is 2. The number of carbonyl (C=O) groups is 2. The van der Waals surface area contributed by atoms with Crippen LogP contribution in [0.3, 0.4) is 0 Å². The zero-order chi connectivity index (χ0) is 23.1. The number of carbonyl (C=O) groups excluding carboxylic acids is 2. The molecule has 1 aromatic carbocycles. The summed E-state index contributed by atoms with van der Waals surface area (Å²) in [5, 5.41) is 1.89. The Labute approximate surface area is 184 Å². The van der Waals surface area contributed by atoms with Crippen LogP contribution >= 0.6 is 11.8 Å². The summed E-state index contributed by atoms with van der Waals surface area (Å²) >= 11 is 1.20. The molecule has 0 aromatic heterocycles. The molecule has 0 spiro atoms. The first-order valence-corrected chi connectivity index (χ1v) is 11.3. The third kappa shape index (κ3) is 6.87. The summed E-state index contributed by atoms with van der Waals surface area (Å²) in [5.41, 5.74) is 8.12. The van der Waals surface area contributed by atoms with E-state index >= 15 is 0 Å². The zero-order valence-corrected chi connectivity index (χ0v) is 18.7. The van der Waals surface area contributed by atoms with Crippen molar-refractivity contribution in [3.05, 3.63) is 58.4 Å². The van der Waals surface area contributed by atoms with E-state index in [2.05, 4.69) is 5.32 Å². The molecule has 2 amide bonds. The van der Waals surface area contributed by atoms with Gasteiger partial charge in [-0.1, -0.05) is 17.7 Å². The van der Waals surface area contributed by atoms with Gasteiger partial charge in [-0.15, -0.1) is 11.8 Å². The monoisotopic (exact) mass is 455 g/mol. The molecular formula is C22H28F3N3O2S. The third-order valence-corrected chi connectivity index (χ3v) is 5.87. The van der Waals surface area contributed by atoms with Crippen LogP contribution in [0.25, 0.3) is 0 Å². The van der Waals surface area contributed by atoms with E-state index in [0.717, 1.165) is 18.1 Å². The van der Waals surface area contributed by atoms with Gasteiger partial charge in [-0.25, -0.2) is 13.2 Å². The Kier molecular flexibility index (Phi) is 9.18. The molecule has 0 saturated carbocycles. The predicted molar refractivity (Wildman–Crippen MR) is 117 cm³/mol. The number of hydrogen-bond acceptors (Lipinski definition) is 4. The lowest BCUT2D eigenvalue weighted by Crippen LogP contribution is -2.49. The Morgan fingerprint density at radius 3 is 2.55 bits per heavy atom. The van der Waals surface area contributed by atoms with Crippen molar-refractivity contribution in [2.45, 2.75) is 44.5 Å². The summed E-state index contributed by atoms with van der Waals surface area (Å²) in [7, 11) is 0. The van der Waals surface area contributed by atoms with Gasteiger partial charge in [-0.3, -0.25) is 9.59 Å². The number of benzene rings is 1. The Bertz CT molecular complexity index is 889. The van der Waals surface area contributed by atoms with Crippen molar-refractivity contribution in [2.24, 2.45) is 5.73 Å². The Morgan fingerprint density at radius 2 is 1.94 bits per heavy atom. The van der Waals surface area contributed by atoms with E-state index in [1.54, 1.807) is 11.2 Å². The maximum atomic E-state index is 13.8. The van der Waals surface area contributed by atoms with Crippen molar-refractivity contribution in [2.75, 3.05) is 19.3 Å². The van der Waals surface area contributed by atoms with E-state index in [9.17, 15) is 22.8 Å². The van der Waals surface area contributed by atoms with Crippen LogP contribution in [-0.2, 0) is 16.0 Å². The Hall–Kier alpha value is -2.26. The topological polar surface area (TPSA) is 75.4 Å². The lowest BCUT2D eigenvalue weighted by atomic mass is 10.0. The molecule has 0 radical (unpaired) electrons. The summed E-state index contributed by atoms with van der Waals surface area (Å²) in [5.74, 6) is -4.04. The molecule has 0 bridgehead atoms. The highest BCUT2D eigenvalue weighted by atomic mass is 32.2. The molecule has 3 N–H and O–H groups in total. The summed E-state index contributed by atoms with van der Waals surface area (Å²) in [6.07, 6.45) is 6.16. The minimum Gasteiger partial charge on any atom is -0.336 e. The second-order valence-electron chi connectivity index (χ2n) is 7.52. The normalized spacial score (nSPS) is 16.5. The van der Waals surface area contributed by atoms with Crippen molar-refractivity contribution in [3.8, 4) is 0 Å². The fourth-order valence-electron chi connectivity index (χ4n) is 3.46. The largest absolute Gasteiger partial charge is 0.336 e. The molecule has 0 saturated heterocycles. The van der Waals surface area contributed by atoms with Crippen molar-refractivity contribution < 1.29 is 22.8 Å². The maximum absolute atomic E-state index is 13.8. The zero-order valence-electron chi connectivity index (χ0n) is 17.9. The van der Waals surface area contributed by atoms with Crippen molar-refractivity contribution >= 4 is 23.6 Å². The third-order valence-electron chi connectivity index (χ3n) is 5.08. The molecule has 9 heteroatoms. The number of hydrogen-bond donors (Lipinski definition) is 2. The molecular weight excluding hydrogens is 427 g/mol. The van der Waals surface area contributed by atoms with E-state index in [1.807, 2.05) is 26.0 Å². The standard InChI is InChI=1S/C22H28F3N3O2S/c1-4-5-14-6-7-28(12-13(14)2)22(30)21(31-3)27-20(29)10-16(26)8-15-9-18(24)19(25)11-17(15)23/h4-5,9,11,16,21H,6-8,10,12,26H2,1-3H3,(H,27,29)/b5-4-. The highest BCUT2D eigenvalue weighted by Gasteiger charge is 2.28. The highest BCUT2D eigenvalue weighted by molar-refractivity contribution is 7.99. The van der Waals surface area contributed by atoms with Crippen LogP contribution in [-0.4, -0.2) is 47.5 Å². The van der Waals surface area contributed by atoms with Crippen LogP contribution in [0.4, 0.5) is 13.2 Å². The Balaban J connectivity index is 1.94. The SMILES string of the molecule is C/C=C\C1=C(C)CN(C(=O)C(NC(=O)CC(N)Cc2cc(F)c(F)cc2F)SC)CC1. The summed E-state index contributed by atoms with van der Waals surface area (Å²) < 4.78 is 40.2. The minimum absolute atomic E-state index is 0.107. The molecule has 1 aromatic rings. The molecule has 1 aliphatic rings. The van der Waals surface area contributed by atoms with Crippen LogP contribution in [0.1, 0.15) is 32.3 Å². The van der Waals surface area contributed by atoms with Gasteiger partial charge in [-0.05, 0) is 50.1 Å². The van der Waals surface area contributed by atoms with Crippen LogP contribution in [0.2, 0.25) is 0 Å². The van der Waals surface area contributed by atoms with E-state index in [1.165, 1.54) is 17.3 Å².